The van der Waals surface area contributed by atoms with E-state index in [2.05, 4.69) is 50.1 Å². The fraction of sp³-hybridized carbons (Fsp3) is 0.688. The van der Waals surface area contributed by atoms with Crippen molar-refractivity contribution < 1.29 is 0 Å². The Morgan fingerprint density at radius 1 is 1.21 bits per heavy atom. The predicted octanol–water partition coefficient (Wildman–Crippen LogP) is 4.67. The zero-order valence-corrected chi connectivity index (χ0v) is 13.6. The fourth-order valence-corrected chi connectivity index (χ4v) is 2.82. The smallest absolute Gasteiger partial charge is 0.0573 e. The zero-order valence-electron chi connectivity index (χ0n) is 12.8. The van der Waals surface area contributed by atoms with Crippen LogP contribution in [0, 0.1) is 5.92 Å². The van der Waals surface area contributed by atoms with E-state index >= 15 is 0 Å². The van der Waals surface area contributed by atoms with Crippen LogP contribution in [0.3, 0.4) is 0 Å². The first-order valence-electron chi connectivity index (χ1n) is 7.53. The van der Waals surface area contributed by atoms with Gasteiger partial charge in [0.25, 0.3) is 0 Å². The lowest BCUT2D eigenvalue weighted by Gasteiger charge is -2.16. The van der Waals surface area contributed by atoms with Crippen LogP contribution in [-0.4, -0.2) is 17.3 Å². The number of hydrogen-bond acceptors (Lipinski definition) is 3. The van der Waals surface area contributed by atoms with Crippen LogP contribution in [0.15, 0.2) is 23.2 Å². The molecule has 0 aliphatic heterocycles. The molecule has 0 saturated heterocycles. The van der Waals surface area contributed by atoms with Crippen molar-refractivity contribution >= 4 is 11.8 Å². The molecule has 2 unspecified atom stereocenters. The second-order valence-corrected chi connectivity index (χ2v) is 6.25. The highest BCUT2D eigenvalue weighted by Crippen LogP contribution is 2.23. The Kier molecular flexibility index (Phi) is 8.15. The molecule has 0 saturated carbocycles. The number of hydrogen-bond donors (Lipinski definition) is 1. The van der Waals surface area contributed by atoms with E-state index in [0.29, 0.717) is 6.04 Å². The molecule has 2 nitrogen and oxygen atoms in total. The zero-order chi connectivity index (χ0) is 14.1. The summed E-state index contributed by atoms with van der Waals surface area (Å²) in [5.74, 6) is 1.96. The van der Waals surface area contributed by atoms with Crippen molar-refractivity contribution in [3.8, 4) is 0 Å². The molecule has 0 fully saturated rings. The first-order chi connectivity index (χ1) is 9.21. The molecular weight excluding hydrogens is 252 g/mol. The molecule has 1 aromatic rings. The molecule has 1 rings (SSSR count). The van der Waals surface area contributed by atoms with Crippen LogP contribution in [0.25, 0.3) is 0 Å². The fourth-order valence-electron chi connectivity index (χ4n) is 1.82. The summed E-state index contributed by atoms with van der Waals surface area (Å²) in [6, 6.07) is 4.79. The van der Waals surface area contributed by atoms with Gasteiger partial charge in [-0.15, -0.1) is 11.8 Å². The van der Waals surface area contributed by atoms with Crippen LogP contribution in [0.1, 0.15) is 58.7 Å². The molecule has 19 heavy (non-hydrogen) atoms. The summed E-state index contributed by atoms with van der Waals surface area (Å²) >= 11 is 1.92. The van der Waals surface area contributed by atoms with E-state index in [1.165, 1.54) is 29.2 Å². The van der Waals surface area contributed by atoms with E-state index in [1.807, 2.05) is 18.0 Å². The van der Waals surface area contributed by atoms with E-state index in [9.17, 15) is 0 Å². The van der Waals surface area contributed by atoms with Crippen molar-refractivity contribution in [2.24, 2.45) is 5.92 Å². The van der Waals surface area contributed by atoms with Crippen molar-refractivity contribution in [2.45, 2.75) is 57.9 Å². The van der Waals surface area contributed by atoms with Gasteiger partial charge in [0.2, 0.25) is 0 Å². The minimum Gasteiger partial charge on any atom is -0.309 e. The van der Waals surface area contributed by atoms with Crippen LogP contribution in [0.4, 0.5) is 0 Å². The monoisotopic (exact) mass is 280 g/mol. The van der Waals surface area contributed by atoms with Gasteiger partial charge in [-0.25, -0.2) is 0 Å². The number of thioether (sulfide) groups is 1. The molecule has 1 N–H and O–H groups in total. The molecule has 2 atom stereocenters. The average molecular weight is 280 g/mol. The summed E-state index contributed by atoms with van der Waals surface area (Å²) in [4.78, 5) is 5.91. The molecular formula is C16H28N2S. The highest BCUT2D eigenvalue weighted by Gasteiger charge is 2.09. The van der Waals surface area contributed by atoms with E-state index in [4.69, 9.17) is 0 Å². The van der Waals surface area contributed by atoms with Gasteiger partial charge in [-0.3, -0.25) is 4.98 Å². The van der Waals surface area contributed by atoms with E-state index in [0.717, 1.165) is 18.9 Å². The van der Waals surface area contributed by atoms with Crippen molar-refractivity contribution in [3.05, 3.63) is 24.0 Å². The lowest BCUT2D eigenvalue weighted by molar-refractivity contribution is 0.507. The Balaban J connectivity index is 2.54. The third-order valence-electron chi connectivity index (χ3n) is 3.40. The maximum Gasteiger partial charge on any atom is 0.0573 e. The van der Waals surface area contributed by atoms with Crippen molar-refractivity contribution in [1.29, 1.82) is 0 Å². The minimum absolute atomic E-state index is 0.397. The summed E-state index contributed by atoms with van der Waals surface area (Å²) in [6.07, 6.45) is 5.53. The molecule has 0 aliphatic carbocycles. The summed E-state index contributed by atoms with van der Waals surface area (Å²) in [5, 5.41) is 3.54. The van der Waals surface area contributed by atoms with Crippen LogP contribution in [0.5, 0.6) is 0 Å². The molecule has 0 radical (unpaired) electrons. The molecule has 0 aliphatic rings. The maximum absolute atomic E-state index is 4.62. The molecule has 0 aromatic carbocycles. The normalized spacial score (nSPS) is 14.3. The topological polar surface area (TPSA) is 24.9 Å². The number of rotatable bonds is 9. The lowest BCUT2D eigenvalue weighted by atomic mass is 10.1. The van der Waals surface area contributed by atoms with Crippen molar-refractivity contribution in [2.75, 3.05) is 12.3 Å². The number of nitrogens with zero attached hydrogens (tertiary/aromatic N) is 1. The van der Waals surface area contributed by atoms with Gasteiger partial charge in [-0.2, -0.15) is 0 Å². The van der Waals surface area contributed by atoms with Crippen molar-refractivity contribution in [1.82, 2.24) is 10.3 Å². The van der Waals surface area contributed by atoms with E-state index in [1.54, 1.807) is 0 Å². The Labute approximate surface area is 122 Å². The van der Waals surface area contributed by atoms with E-state index in [-0.39, 0.29) is 0 Å². The van der Waals surface area contributed by atoms with Crippen LogP contribution < -0.4 is 5.32 Å². The van der Waals surface area contributed by atoms with Crippen LogP contribution in [-0.2, 0) is 0 Å². The number of pyridine rings is 1. The van der Waals surface area contributed by atoms with Gasteiger partial charge in [0.1, 0.15) is 0 Å². The Morgan fingerprint density at radius 3 is 2.53 bits per heavy atom. The average Bonchev–Trinajstić information content (AvgIpc) is 2.46. The highest BCUT2D eigenvalue weighted by atomic mass is 32.2. The van der Waals surface area contributed by atoms with Gasteiger partial charge in [0.05, 0.1) is 5.69 Å². The third kappa shape index (κ3) is 5.96. The Morgan fingerprint density at radius 2 is 2.00 bits per heavy atom. The van der Waals surface area contributed by atoms with Gasteiger partial charge in [-0.05, 0) is 37.4 Å². The Bertz CT molecular complexity index is 337. The predicted molar refractivity (Wildman–Crippen MR) is 85.7 cm³/mol. The Hall–Kier alpha value is -0.540. The minimum atomic E-state index is 0.397. The molecule has 1 heterocycles. The third-order valence-corrected chi connectivity index (χ3v) is 4.71. The molecule has 3 heteroatoms. The molecule has 0 spiro atoms. The molecule has 0 bridgehead atoms. The lowest BCUT2D eigenvalue weighted by Crippen LogP contribution is -2.22. The largest absolute Gasteiger partial charge is 0.309 e. The second kappa shape index (κ2) is 9.38. The summed E-state index contributed by atoms with van der Waals surface area (Å²) in [7, 11) is 0. The summed E-state index contributed by atoms with van der Waals surface area (Å²) in [5.41, 5.74) is 1.17. The van der Waals surface area contributed by atoms with Gasteiger partial charge in [-0.1, -0.05) is 34.1 Å². The summed E-state index contributed by atoms with van der Waals surface area (Å²) < 4.78 is 0. The second-order valence-electron chi connectivity index (χ2n) is 5.16. The SMILES string of the molecule is CCCNC(CC)c1ccc(SCC(C)CC)cn1. The first kappa shape index (κ1) is 16.5. The standard InChI is InChI=1S/C16H28N2S/c1-5-10-17-15(7-3)16-9-8-14(11-18-16)19-12-13(4)6-2/h8-9,11,13,15,17H,5-7,10,12H2,1-4H3. The number of nitrogens with one attached hydrogen (secondary N) is 1. The van der Waals surface area contributed by atoms with Gasteiger partial charge in [0.15, 0.2) is 0 Å². The van der Waals surface area contributed by atoms with Crippen LogP contribution in [0.2, 0.25) is 0 Å². The highest BCUT2D eigenvalue weighted by molar-refractivity contribution is 7.99. The van der Waals surface area contributed by atoms with E-state index < -0.39 is 0 Å². The van der Waals surface area contributed by atoms with Crippen LogP contribution >= 0.6 is 11.8 Å². The summed E-state index contributed by atoms with van der Waals surface area (Å²) in [6.45, 7) is 10.0. The molecule has 108 valence electrons. The molecule has 0 amide bonds. The molecule has 1 aromatic heterocycles. The van der Waals surface area contributed by atoms with Gasteiger partial charge < -0.3 is 5.32 Å². The van der Waals surface area contributed by atoms with Gasteiger partial charge >= 0.3 is 0 Å². The quantitative estimate of drug-likeness (QED) is 0.665. The number of aromatic nitrogens is 1. The van der Waals surface area contributed by atoms with Crippen molar-refractivity contribution in [3.63, 3.8) is 0 Å². The maximum atomic E-state index is 4.62. The van der Waals surface area contributed by atoms with Gasteiger partial charge in [0, 0.05) is 22.9 Å². The first-order valence-corrected chi connectivity index (χ1v) is 8.51.